The van der Waals surface area contributed by atoms with E-state index in [4.69, 9.17) is 4.84 Å². The fraction of sp³-hybridized carbons (Fsp3) is 0.923. The Hall–Kier alpha value is -0.570. The summed E-state index contributed by atoms with van der Waals surface area (Å²) >= 11 is 0. The number of rotatable bonds is 5. The smallest absolute Gasteiger partial charge is 0.243 e. The fourth-order valence-electron chi connectivity index (χ4n) is 3.20. The van der Waals surface area contributed by atoms with E-state index in [0.717, 1.165) is 11.8 Å². The molecule has 2 aliphatic carbocycles. The minimum absolute atomic E-state index is 0.0678. The number of hydroxylamine groups is 1. The van der Waals surface area contributed by atoms with Crippen LogP contribution in [0.5, 0.6) is 0 Å². The van der Waals surface area contributed by atoms with Crippen LogP contribution < -0.4 is 5.48 Å². The molecule has 16 heavy (non-hydrogen) atoms. The second-order valence-corrected chi connectivity index (χ2v) is 5.87. The molecule has 3 heteroatoms. The van der Waals surface area contributed by atoms with E-state index < -0.39 is 0 Å². The van der Waals surface area contributed by atoms with Crippen LogP contribution in [-0.2, 0) is 9.63 Å². The van der Waals surface area contributed by atoms with Crippen LogP contribution in [0, 0.1) is 23.7 Å². The Bertz CT molecular complexity index is 252. The number of carbonyl (C=O) groups excluding carboxylic acids is 1. The molecule has 2 saturated carbocycles. The molecule has 2 aliphatic rings. The maximum Gasteiger partial charge on any atom is 0.243 e. The van der Waals surface area contributed by atoms with Crippen molar-refractivity contribution in [3.63, 3.8) is 0 Å². The van der Waals surface area contributed by atoms with Gasteiger partial charge in [-0.3, -0.25) is 9.63 Å². The van der Waals surface area contributed by atoms with E-state index in [2.05, 4.69) is 19.3 Å². The first-order valence-electron chi connectivity index (χ1n) is 6.55. The van der Waals surface area contributed by atoms with Crippen LogP contribution in [0.4, 0.5) is 0 Å². The summed E-state index contributed by atoms with van der Waals surface area (Å²) < 4.78 is 0. The molecule has 0 radical (unpaired) electrons. The SMILES string of the molecule is CC(C)CONC(=O)CC1CC2CCC1C2. The maximum absolute atomic E-state index is 11.6. The van der Waals surface area contributed by atoms with Crippen LogP contribution in [0.3, 0.4) is 0 Å². The third-order valence-electron chi connectivity index (χ3n) is 3.93. The first-order valence-corrected chi connectivity index (χ1v) is 6.55. The lowest BCUT2D eigenvalue weighted by molar-refractivity contribution is -0.135. The summed E-state index contributed by atoms with van der Waals surface area (Å²) in [6, 6.07) is 0. The van der Waals surface area contributed by atoms with Gasteiger partial charge in [-0.25, -0.2) is 5.48 Å². The molecule has 3 atom stereocenters. The van der Waals surface area contributed by atoms with Crippen LogP contribution in [0.25, 0.3) is 0 Å². The van der Waals surface area contributed by atoms with Crippen molar-refractivity contribution in [1.82, 2.24) is 5.48 Å². The molecular weight excluding hydrogens is 202 g/mol. The van der Waals surface area contributed by atoms with Gasteiger partial charge in [-0.2, -0.15) is 0 Å². The molecule has 3 unspecified atom stereocenters. The summed E-state index contributed by atoms with van der Waals surface area (Å²) in [7, 11) is 0. The van der Waals surface area contributed by atoms with Crippen molar-refractivity contribution in [2.75, 3.05) is 6.61 Å². The van der Waals surface area contributed by atoms with Crippen molar-refractivity contribution in [2.24, 2.45) is 23.7 Å². The Balaban J connectivity index is 1.64. The molecule has 2 bridgehead atoms. The summed E-state index contributed by atoms with van der Waals surface area (Å²) in [4.78, 5) is 16.8. The Labute approximate surface area is 97.9 Å². The van der Waals surface area contributed by atoms with Gasteiger partial charge in [-0.15, -0.1) is 0 Å². The van der Waals surface area contributed by atoms with Gasteiger partial charge in [0.1, 0.15) is 0 Å². The summed E-state index contributed by atoms with van der Waals surface area (Å²) in [5.74, 6) is 2.89. The zero-order chi connectivity index (χ0) is 11.5. The topological polar surface area (TPSA) is 38.3 Å². The van der Waals surface area contributed by atoms with E-state index in [1.807, 2.05) is 0 Å². The maximum atomic E-state index is 11.6. The first kappa shape index (κ1) is 11.9. The Morgan fingerprint density at radius 2 is 2.19 bits per heavy atom. The number of hydrogen-bond donors (Lipinski definition) is 1. The van der Waals surface area contributed by atoms with Crippen LogP contribution in [0.2, 0.25) is 0 Å². The van der Waals surface area contributed by atoms with E-state index in [9.17, 15) is 4.79 Å². The largest absolute Gasteiger partial charge is 0.273 e. The van der Waals surface area contributed by atoms with E-state index in [-0.39, 0.29) is 5.91 Å². The molecule has 2 rings (SSSR count). The second-order valence-electron chi connectivity index (χ2n) is 5.87. The predicted octanol–water partition coefficient (Wildman–Crippen LogP) is 2.52. The zero-order valence-electron chi connectivity index (χ0n) is 10.4. The average Bonchev–Trinajstić information content (AvgIpc) is 2.78. The molecule has 92 valence electrons. The van der Waals surface area contributed by atoms with Crippen LogP contribution in [0.1, 0.15) is 46.0 Å². The van der Waals surface area contributed by atoms with E-state index in [1.165, 1.54) is 25.7 Å². The minimum Gasteiger partial charge on any atom is -0.273 e. The lowest BCUT2D eigenvalue weighted by atomic mass is 9.86. The molecular formula is C13H23NO2. The third-order valence-corrected chi connectivity index (χ3v) is 3.93. The second kappa shape index (κ2) is 5.17. The molecule has 0 saturated heterocycles. The molecule has 0 heterocycles. The number of hydrogen-bond acceptors (Lipinski definition) is 2. The number of amides is 1. The van der Waals surface area contributed by atoms with E-state index in [1.54, 1.807) is 0 Å². The highest BCUT2D eigenvalue weighted by atomic mass is 16.6. The summed E-state index contributed by atoms with van der Waals surface area (Å²) in [6.07, 6.45) is 6.04. The monoisotopic (exact) mass is 225 g/mol. The highest BCUT2D eigenvalue weighted by Crippen LogP contribution is 2.49. The molecule has 2 fully saturated rings. The summed E-state index contributed by atoms with van der Waals surface area (Å²) in [5.41, 5.74) is 2.56. The van der Waals surface area contributed by atoms with Crippen molar-refractivity contribution in [3.8, 4) is 0 Å². The van der Waals surface area contributed by atoms with Gasteiger partial charge >= 0.3 is 0 Å². The predicted molar refractivity (Wildman–Crippen MR) is 62.5 cm³/mol. The van der Waals surface area contributed by atoms with Gasteiger partial charge in [0, 0.05) is 6.42 Å². The van der Waals surface area contributed by atoms with Crippen molar-refractivity contribution in [2.45, 2.75) is 46.0 Å². The molecule has 1 N–H and O–H groups in total. The summed E-state index contributed by atoms with van der Waals surface area (Å²) in [5, 5.41) is 0. The van der Waals surface area contributed by atoms with Crippen LogP contribution in [-0.4, -0.2) is 12.5 Å². The first-order chi connectivity index (χ1) is 7.65. The highest BCUT2D eigenvalue weighted by molar-refractivity contribution is 5.75. The van der Waals surface area contributed by atoms with Crippen LogP contribution >= 0.6 is 0 Å². The van der Waals surface area contributed by atoms with Crippen LogP contribution in [0.15, 0.2) is 0 Å². The van der Waals surface area contributed by atoms with Gasteiger partial charge in [0.15, 0.2) is 0 Å². The molecule has 0 spiro atoms. The lowest BCUT2D eigenvalue weighted by Crippen LogP contribution is -2.28. The lowest BCUT2D eigenvalue weighted by Gasteiger charge is -2.20. The van der Waals surface area contributed by atoms with Gasteiger partial charge < -0.3 is 0 Å². The number of carbonyl (C=O) groups is 1. The van der Waals surface area contributed by atoms with Gasteiger partial charge in [0.05, 0.1) is 6.61 Å². The minimum atomic E-state index is 0.0678. The van der Waals surface area contributed by atoms with Gasteiger partial charge in [0.25, 0.3) is 0 Å². The molecule has 3 nitrogen and oxygen atoms in total. The Morgan fingerprint density at radius 1 is 1.38 bits per heavy atom. The quantitative estimate of drug-likeness (QED) is 0.730. The third kappa shape index (κ3) is 2.97. The molecule has 0 aliphatic heterocycles. The molecule has 0 aromatic carbocycles. The van der Waals surface area contributed by atoms with Crippen molar-refractivity contribution >= 4 is 5.91 Å². The Morgan fingerprint density at radius 3 is 2.75 bits per heavy atom. The summed E-state index contributed by atoms with van der Waals surface area (Å²) in [6.45, 7) is 4.74. The number of nitrogens with one attached hydrogen (secondary N) is 1. The Kier molecular flexibility index (Phi) is 3.85. The highest BCUT2D eigenvalue weighted by Gasteiger charge is 2.40. The molecule has 1 amide bonds. The standard InChI is InChI=1S/C13H23NO2/c1-9(2)8-16-14-13(15)7-12-6-10-3-4-11(12)5-10/h9-12H,3-8H2,1-2H3,(H,14,15). The normalized spacial score (nSPS) is 32.3. The average molecular weight is 225 g/mol. The van der Waals surface area contributed by atoms with Gasteiger partial charge in [0.2, 0.25) is 5.91 Å². The molecule has 0 aromatic rings. The van der Waals surface area contributed by atoms with Gasteiger partial charge in [-0.1, -0.05) is 20.3 Å². The molecule has 0 aromatic heterocycles. The van der Waals surface area contributed by atoms with E-state index >= 15 is 0 Å². The van der Waals surface area contributed by atoms with E-state index in [0.29, 0.717) is 24.9 Å². The fourth-order valence-corrected chi connectivity index (χ4v) is 3.20. The zero-order valence-corrected chi connectivity index (χ0v) is 10.4. The van der Waals surface area contributed by atoms with Crippen molar-refractivity contribution < 1.29 is 9.63 Å². The van der Waals surface area contributed by atoms with Gasteiger partial charge in [-0.05, 0) is 42.9 Å². The van der Waals surface area contributed by atoms with Crippen molar-refractivity contribution in [3.05, 3.63) is 0 Å². The number of fused-ring (bicyclic) bond motifs is 2. The van der Waals surface area contributed by atoms with Crippen molar-refractivity contribution in [1.29, 1.82) is 0 Å².